The van der Waals surface area contributed by atoms with Crippen LogP contribution in [0.2, 0.25) is 5.02 Å². The number of halogens is 1. The molecule has 2 aromatic heterocycles. The number of H-pyrrole nitrogens is 1. The molecule has 0 unspecified atom stereocenters. The van der Waals surface area contributed by atoms with E-state index in [1.54, 1.807) is 43.5 Å². The average Bonchev–Trinajstić information content (AvgIpc) is 3.35. The van der Waals surface area contributed by atoms with Crippen LogP contribution in [0, 0.1) is 0 Å². The van der Waals surface area contributed by atoms with Crippen LogP contribution in [0.25, 0.3) is 22.4 Å². The Labute approximate surface area is 171 Å². The molecule has 7 nitrogen and oxygen atoms in total. The van der Waals surface area contributed by atoms with Crippen molar-refractivity contribution in [3.63, 3.8) is 0 Å². The van der Waals surface area contributed by atoms with Gasteiger partial charge >= 0.3 is 5.97 Å². The molecule has 0 fully saturated rings. The molecule has 0 aliphatic carbocycles. The molecule has 29 heavy (non-hydrogen) atoms. The molecule has 0 saturated heterocycles. The summed E-state index contributed by atoms with van der Waals surface area (Å²) in [5, 5.41) is 4.47. The number of hydrogen-bond donors (Lipinski definition) is 2. The van der Waals surface area contributed by atoms with E-state index in [9.17, 15) is 4.79 Å². The van der Waals surface area contributed by atoms with Crippen molar-refractivity contribution in [3.05, 3.63) is 70.9 Å². The van der Waals surface area contributed by atoms with E-state index in [4.69, 9.17) is 20.8 Å². The monoisotopic (exact) mass is 408 g/mol. The molecule has 2 aromatic carbocycles. The fourth-order valence-corrected chi connectivity index (χ4v) is 2.98. The number of furan rings is 1. The zero-order valence-electron chi connectivity index (χ0n) is 15.5. The topological polar surface area (TPSA) is 92.5 Å². The quantitative estimate of drug-likeness (QED) is 0.263. The average molecular weight is 409 g/mol. The van der Waals surface area contributed by atoms with Gasteiger partial charge in [-0.2, -0.15) is 5.10 Å². The van der Waals surface area contributed by atoms with Crippen molar-refractivity contribution in [1.29, 1.82) is 0 Å². The Morgan fingerprint density at radius 1 is 1.28 bits per heavy atom. The van der Waals surface area contributed by atoms with Crippen LogP contribution < -0.4 is 5.43 Å². The number of carbonyl (C=O) groups excluding carboxylic acids is 1. The SMILES string of the molecule is CCOC(=O)c1cc(-c2ccc(C=NNc3nc4ccccc4[nH]3)o2)ccc1Cl. The Hall–Kier alpha value is -3.58. The predicted molar refractivity (Wildman–Crippen MR) is 112 cm³/mol. The molecule has 146 valence electrons. The van der Waals surface area contributed by atoms with Crippen molar-refractivity contribution >= 4 is 40.8 Å². The fraction of sp³-hybridized carbons (Fsp3) is 0.0952. The molecule has 0 saturated carbocycles. The summed E-state index contributed by atoms with van der Waals surface area (Å²) in [6.07, 6.45) is 1.54. The summed E-state index contributed by atoms with van der Waals surface area (Å²) in [6.45, 7) is 2.02. The Morgan fingerprint density at radius 3 is 2.97 bits per heavy atom. The summed E-state index contributed by atoms with van der Waals surface area (Å²) in [4.78, 5) is 19.5. The second-order valence-electron chi connectivity index (χ2n) is 6.09. The second kappa shape index (κ2) is 8.20. The summed E-state index contributed by atoms with van der Waals surface area (Å²) in [5.74, 6) is 1.18. The molecule has 0 bridgehead atoms. The number of imidazole rings is 1. The maximum atomic E-state index is 12.0. The van der Waals surface area contributed by atoms with Crippen LogP contribution in [0.4, 0.5) is 5.95 Å². The Bertz CT molecular complexity index is 1160. The van der Waals surface area contributed by atoms with Crippen molar-refractivity contribution in [2.24, 2.45) is 5.10 Å². The molecule has 0 radical (unpaired) electrons. The van der Waals surface area contributed by atoms with E-state index in [-0.39, 0.29) is 6.61 Å². The van der Waals surface area contributed by atoms with Crippen LogP contribution in [0.1, 0.15) is 23.0 Å². The highest BCUT2D eigenvalue weighted by molar-refractivity contribution is 6.33. The number of ether oxygens (including phenoxy) is 1. The van der Waals surface area contributed by atoms with Gasteiger partial charge in [-0.3, -0.25) is 0 Å². The first-order valence-electron chi connectivity index (χ1n) is 8.95. The lowest BCUT2D eigenvalue weighted by molar-refractivity contribution is 0.0526. The van der Waals surface area contributed by atoms with Gasteiger partial charge in [0.2, 0.25) is 5.95 Å². The number of anilines is 1. The number of nitrogens with one attached hydrogen (secondary N) is 2. The van der Waals surface area contributed by atoms with Crippen LogP contribution in [-0.2, 0) is 4.74 Å². The van der Waals surface area contributed by atoms with Gasteiger partial charge in [-0.25, -0.2) is 15.2 Å². The maximum Gasteiger partial charge on any atom is 0.339 e. The largest absolute Gasteiger partial charge is 0.462 e. The zero-order chi connectivity index (χ0) is 20.2. The first kappa shape index (κ1) is 18.8. The molecule has 4 aromatic rings. The van der Waals surface area contributed by atoms with Crippen molar-refractivity contribution in [3.8, 4) is 11.3 Å². The van der Waals surface area contributed by atoms with Crippen LogP contribution in [-0.4, -0.2) is 28.8 Å². The number of esters is 1. The number of aromatic nitrogens is 2. The lowest BCUT2D eigenvalue weighted by atomic mass is 10.1. The molecule has 0 atom stereocenters. The molecule has 4 rings (SSSR count). The zero-order valence-corrected chi connectivity index (χ0v) is 16.2. The van der Waals surface area contributed by atoms with Gasteiger partial charge in [-0.15, -0.1) is 0 Å². The van der Waals surface area contributed by atoms with Crippen LogP contribution >= 0.6 is 11.6 Å². The van der Waals surface area contributed by atoms with Crippen molar-refractivity contribution < 1.29 is 13.9 Å². The number of aromatic amines is 1. The Balaban J connectivity index is 1.48. The van der Waals surface area contributed by atoms with E-state index >= 15 is 0 Å². The van der Waals surface area contributed by atoms with Crippen molar-refractivity contribution in [2.45, 2.75) is 6.92 Å². The fourth-order valence-electron chi connectivity index (χ4n) is 2.78. The number of hydrogen-bond acceptors (Lipinski definition) is 6. The van der Waals surface area contributed by atoms with Gasteiger partial charge in [-0.05, 0) is 49.4 Å². The molecule has 0 aliphatic rings. The van der Waals surface area contributed by atoms with Gasteiger partial charge in [0.05, 0.1) is 34.4 Å². The summed E-state index contributed by atoms with van der Waals surface area (Å²) in [7, 11) is 0. The Kier molecular flexibility index (Phi) is 5.31. The highest BCUT2D eigenvalue weighted by Crippen LogP contribution is 2.27. The first-order chi connectivity index (χ1) is 14.1. The molecule has 2 heterocycles. The lowest BCUT2D eigenvalue weighted by Gasteiger charge is -2.05. The maximum absolute atomic E-state index is 12.0. The Morgan fingerprint density at radius 2 is 2.14 bits per heavy atom. The van der Waals surface area contributed by atoms with E-state index in [1.165, 1.54) is 0 Å². The normalized spacial score (nSPS) is 11.2. The number of carbonyl (C=O) groups is 1. The van der Waals surface area contributed by atoms with Gasteiger partial charge in [0.15, 0.2) is 0 Å². The summed E-state index contributed by atoms with van der Waals surface area (Å²) in [5.41, 5.74) is 5.62. The number of rotatable bonds is 6. The molecule has 0 spiro atoms. The third kappa shape index (κ3) is 4.14. The van der Waals surface area contributed by atoms with Gasteiger partial charge < -0.3 is 14.1 Å². The van der Waals surface area contributed by atoms with Crippen molar-refractivity contribution in [2.75, 3.05) is 12.0 Å². The van der Waals surface area contributed by atoms with E-state index in [1.807, 2.05) is 24.3 Å². The summed E-state index contributed by atoms with van der Waals surface area (Å²) in [6, 6.07) is 16.3. The predicted octanol–water partition coefficient (Wildman–Crippen LogP) is 5.10. The number of fused-ring (bicyclic) bond motifs is 1. The number of nitrogens with zero attached hydrogens (tertiary/aromatic N) is 2. The first-order valence-corrected chi connectivity index (χ1v) is 9.32. The smallest absolute Gasteiger partial charge is 0.339 e. The van der Waals surface area contributed by atoms with Gasteiger partial charge in [-0.1, -0.05) is 23.7 Å². The minimum absolute atomic E-state index is 0.277. The van der Waals surface area contributed by atoms with E-state index in [0.29, 0.717) is 33.6 Å². The molecular formula is C21H17ClN4O3. The van der Waals surface area contributed by atoms with Gasteiger partial charge in [0, 0.05) is 5.56 Å². The molecular weight excluding hydrogens is 392 g/mol. The van der Waals surface area contributed by atoms with Crippen molar-refractivity contribution in [1.82, 2.24) is 9.97 Å². The second-order valence-corrected chi connectivity index (χ2v) is 6.50. The minimum atomic E-state index is -0.470. The summed E-state index contributed by atoms with van der Waals surface area (Å²) >= 11 is 6.11. The standard InChI is InChI=1S/C21H17ClN4O3/c1-2-28-20(27)15-11-13(7-9-16(15)22)19-10-8-14(29-19)12-23-26-21-24-17-5-3-4-6-18(17)25-21/h3-12H,2H2,1H3,(H2,24,25,26). The molecule has 0 amide bonds. The van der Waals surface area contributed by atoms with Crippen LogP contribution in [0.5, 0.6) is 0 Å². The molecule has 0 aliphatic heterocycles. The number of para-hydroxylation sites is 2. The highest BCUT2D eigenvalue weighted by atomic mass is 35.5. The van der Waals surface area contributed by atoms with E-state index in [2.05, 4.69) is 20.5 Å². The van der Waals surface area contributed by atoms with Gasteiger partial charge in [0.1, 0.15) is 11.5 Å². The molecule has 2 N–H and O–H groups in total. The van der Waals surface area contributed by atoms with E-state index < -0.39 is 5.97 Å². The van der Waals surface area contributed by atoms with Gasteiger partial charge in [0.25, 0.3) is 0 Å². The summed E-state index contributed by atoms with van der Waals surface area (Å²) < 4.78 is 10.8. The lowest BCUT2D eigenvalue weighted by Crippen LogP contribution is -2.05. The number of benzene rings is 2. The van der Waals surface area contributed by atoms with E-state index in [0.717, 1.165) is 11.0 Å². The van der Waals surface area contributed by atoms with Crippen LogP contribution in [0.3, 0.4) is 0 Å². The molecule has 8 heteroatoms. The third-order valence-electron chi connectivity index (χ3n) is 4.12. The highest BCUT2D eigenvalue weighted by Gasteiger charge is 2.14. The minimum Gasteiger partial charge on any atom is -0.462 e. The number of hydrazone groups is 1. The van der Waals surface area contributed by atoms with Crippen LogP contribution in [0.15, 0.2) is 64.1 Å². The third-order valence-corrected chi connectivity index (χ3v) is 4.45.